The van der Waals surface area contributed by atoms with Crippen LogP contribution < -0.4 is 10.6 Å². The predicted molar refractivity (Wildman–Crippen MR) is 101 cm³/mol. The molecular weight excluding hydrogens is 350 g/mol. The Morgan fingerprint density at radius 1 is 1.31 bits per heavy atom. The average molecular weight is 373 g/mol. The topological polar surface area (TPSA) is 87.2 Å². The first-order valence-corrected chi connectivity index (χ1v) is 9.91. The molecule has 1 aliphatic carbocycles. The molecule has 138 valence electrons. The van der Waals surface area contributed by atoms with Gasteiger partial charge in [-0.2, -0.15) is 8.75 Å². The Morgan fingerprint density at radius 2 is 2.12 bits per heavy atom. The normalized spacial score (nSPS) is 20.9. The number of nitrogens with one attached hydrogen (secondary N) is 2. The third-order valence-electron chi connectivity index (χ3n) is 5.43. The summed E-state index contributed by atoms with van der Waals surface area (Å²) in [5, 5.41) is 5.81. The highest BCUT2D eigenvalue weighted by Crippen LogP contribution is 2.29. The van der Waals surface area contributed by atoms with E-state index < -0.39 is 0 Å². The van der Waals surface area contributed by atoms with E-state index in [1.165, 1.54) is 12.8 Å². The van der Waals surface area contributed by atoms with Crippen LogP contribution in [0.15, 0.2) is 12.1 Å². The molecule has 3 amide bonds. The molecule has 0 radical (unpaired) electrons. The Labute approximate surface area is 156 Å². The number of fused-ring (bicyclic) bond motifs is 1. The maximum absolute atomic E-state index is 12.3. The van der Waals surface area contributed by atoms with E-state index in [-0.39, 0.29) is 17.9 Å². The van der Waals surface area contributed by atoms with Gasteiger partial charge >= 0.3 is 6.03 Å². The number of carbonyl (C=O) groups excluding carboxylic acids is 2. The third kappa shape index (κ3) is 3.38. The highest BCUT2D eigenvalue weighted by Gasteiger charge is 2.35. The molecule has 1 aliphatic heterocycles. The minimum atomic E-state index is -0.264. The Bertz CT molecular complexity index is 830. The highest BCUT2D eigenvalue weighted by molar-refractivity contribution is 7.00. The summed E-state index contributed by atoms with van der Waals surface area (Å²) in [4.78, 5) is 26.6. The van der Waals surface area contributed by atoms with Crippen LogP contribution in [0.3, 0.4) is 0 Å². The number of likely N-dealkylation sites (tertiary alicyclic amines) is 1. The summed E-state index contributed by atoms with van der Waals surface area (Å²) in [6, 6.07) is 3.98. The molecule has 2 aliphatic rings. The first kappa shape index (κ1) is 17.2. The van der Waals surface area contributed by atoms with Gasteiger partial charge in [-0.1, -0.05) is 18.9 Å². The van der Waals surface area contributed by atoms with Crippen LogP contribution in [-0.4, -0.2) is 44.7 Å². The zero-order chi connectivity index (χ0) is 18.1. The van der Waals surface area contributed by atoms with Gasteiger partial charge in [0.05, 0.1) is 17.4 Å². The molecule has 1 atom stereocenters. The molecule has 7 nitrogen and oxygen atoms in total. The maximum Gasteiger partial charge on any atom is 0.319 e. The molecule has 1 unspecified atom stereocenters. The van der Waals surface area contributed by atoms with E-state index in [2.05, 4.69) is 19.4 Å². The minimum absolute atomic E-state index is 0.187. The van der Waals surface area contributed by atoms with Crippen molar-refractivity contribution < 1.29 is 9.59 Å². The minimum Gasteiger partial charge on any atom is -0.339 e. The Kier molecular flexibility index (Phi) is 4.76. The summed E-state index contributed by atoms with van der Waals surface area (Å²) in [5.41, 5.74) is 3.14. The summed E-state index contributed by atoms with van der Waals surface area (Å²) >= 11 is 1.13. The summed E-state index contributed by atoms with van der Waals surface area (Å²) in [5.74, 6) is 0.421. The number of aryl methyl sites for hydroxylation is 1. The van der Waals surface area contributed by atoms with E-state index >= 15 is 0 Å². The smallest absolute Gasteiger partial charge is 0.319 e. The third-order valence-corrected chi connectivity index (χ3v) is 5.97. The lowest BCUT2D eigenvalue weighted by Crippen LogP contribution is -2.37. The van der Waals surface area contributed by atoms with Crippen LogP contribution in [0.5, 0.6) is 0 Å². The Hall–Kier alpha value is -2.22. The van der Waals surface area contributed by atoms with Crippen molar-refractivity contribution in [3.63, 3.8) is 0 Å². The second kappa shape index (κ2) is 7.19. The first-order chi connectivity index (χ1) is 12.6. The van der Waals surface area contributed by atoms with Gasteiger partial charge in [-0.05, 0) is 31.4 Å². The summed E-state index contributed by atoms with van der Waals surface area (Å²) in [6.07, 6.45) is 5.21. The van der Waals surface area contributed by atoms with Crippen molar-refractivity contribution in [1.82, 2.24) is 19.0 Å². The van der Waals surface area contributed by atoms with Gasteiger partial charge in [-0.25, -0.2) is 4.79 Å². The standard InChI is InChI=1S/C18H23N5O2S/c1-11-6-7-14-17(22-26-21-14)16(11)20-18(25)19-9-12-8-15(24)23(10-12)13-4-2-3-5-13/h6-7,12-13H,2-5,8-10H2,1H3,(H2,19,20,25). The van der Waals surface area contributed by atoms with E-state index in [1.54, 1.807) is 0 Å². The van der Waals surface area contributed by atoms with Gasteiger partial charge in [0.15, 0.2) is 0 Å². The molecule has 1 saturated heterocycles. The van der Waals surface area contributed by atoms with Crippen LogP contribution in [-0.2, 0) is 4.79 Å². The van der Waals surface area contributed by atoms with Gasteiger partial charge in [0, 0.05) is 31.5 Å². The van der Waals surface area contributed by atoms with E-state index in [9.17, 15) is 9.59 Å². The molecule has 1 aromatic carbocycles. The fourth-order valence-electron chi connectivity index (χ4n) is 4.02. The lowest BCUT2D eigenvalue weighted by Gasteiger charge is -2.24. The van der Waals surface area contributed by atoms with Crippen LogP contribution >= 0.6 is 11.7 Å². The van der Waals surface area contributed by atoms with E-state index in [0.717, 1.165) is 42.2 Å². The van der Waals surface area contributed by atoms with Crippen LogP contribution in [0.1, 0.15) is 37.7 Å². The second-order valence-corrected chi connectivity index (χ2v) is 7.81. The van der Waals surface area contributed by atoms with Gasteiger partial charge in [0.2, 0.25) is 5.91 Å². The monoisotopic (exact) mass is 373 g/mol. The molecule has 8 heteroatoms. The number of nitrogens with zero attached hydrogens (tertiary/aromatic N) is 3. The molecule has 2 aromatic rings. The number of hydrogen-bond donors (Lipinski definition) is 2. The van der Waals surface area contributed by atoms with Crippen LogP contribution in [0.4, 0.5) is 10.5 Å². The predicted octanol–water partition coefficient (Wildman–Crippen LogP) is 2.91. The number of benzene rings is 1. The zero-order valence-electron chi connectivity index (χ0n) is 14.8. The first-order valence-electron chi connectivity index (χ1n) is 9.18. The quantitative estimate of drug-likeness (QED) is 0.863. The largest absolute Gasteiger partial charge is 0.339 e. The van der Waals surface area contributed by atoms with Crippen molar-refractivity contribution in [2.24, 2.45) is 5.92 Å². The molecule has 0 spiro atoms. The Balaban J connectivity index is 1.33. The molecule has 4 rings (SSSR count). The van der Waals surface area contributed by atoms with Crippen molar-refractivity contribution >= 4 is 40.4 Å². The molecule has 2 fully saturated rings. The second-order valence-electron chi connectivity index (χ2n) is 7.28. The number of carbonyl (C=O) groups is 2. The highest BCUT2D eigenvalue weighted by atomic mass is 32.1. The number of urea groups is 1. The van der Waals surface area contributed by atoms with E-state index in [4.69, 9.17) is 0 Å². The van der Waals surface area contributed by atoms with Gasteiger partial charge in [-0.15, -0.1) is 0 Å². The number of hydrogen-bond acceptors (Lipinski definition) is 5. The van der Waals surface area contributed by atoms with Crippen LogP contribution in [0.2, 0.25) is 0 Å². The summed E-state index contributed by atoms with van der Waals surface area (Å²) in [7, 11) is 0. The molecule has 0 bridgehead atoms. The summed E-state index contributed by atoms with van der Waals surface area (Å²) in [6.45, 7) is 3.20. The van der Waals surface area contributed by atoms with Crippen molar-refractivity contribution in [2.45, 2.75) is 45.1 Å². The van der Waals surface area contributed by atoms with Crippen LogP contribution in [0, 0.1) is 12.8 Å². The zero-order valence-corrected chi connectivity index (χ0v) is 15.6. The average Bonchev–Trinajstić information content (AvgIpc) is 3.35. The van der Waals surface area contributed by atoms with Crippen molar-refractivity contribution in [3.05, 3.63) is 17.7 Å². The number of rotatable bonds is 4. The Morgan fingerprint density at radius 3 is 2.92 bits per heavy atom. The molecule has 2 heterocycles. The van der Waals surface area contributed by atoms with Gasteiger partial charge in [-0.3, -0.25) is 4.79 Å². The van der Waals surface area contributed by atoms with Crippen LogP contribution in [0.25, 0.3) is 11.0 Å². The molecule has 1 saturated carbocycles. The van der Waals surface area contributed by atoms with Crippen molar-refractivity contribution in [3.8, 4) is 0 Å². The van der Waals surface area contributed by atoms with Gasteiger partial charge in [0.25, 0.3) is 0 Å². The number of amides is 3. The lowest BCUT2D eigenvalue weighted by molar-refractivity contribution is -0.129. The molecular formula is C18H23N5O2S. The fourth-order valence-corrected chi connectivity index (χ4v) is 4.56. The van der Waals surface area contributed by atoms with E-state index in [1.807, 2.05) is 24.0 Å². The van der Waals surface area contributed by atoms with Crippen molar-refractivity contribution in [2.75, 3.05) is 18.4 Å². The summed E-state index contributed by atoms with van der Waals surface area (Å²) < 4.78 is 8.48. The van der Waals surface area contributed by atoms with Gasteiger partial charge < -0.3 is 15.5 Å². The van der Waals surface area contributed by atoms with Gasteiger partial charge in [0.1, 0.15) is 11.0 Å². The SMILES string of the molecule is Cc1ccc2nsnc2c1NC(=O)NCC1CC(=O)N(C2CCCC2)C1. The van der Waals surface area contributed by atoms with Crippen molar-refractivity contribution in [1.29, 1.82) is 0 Å². The van der Waals surface area contributed by atoms with E-state index in [0.29, 0.717) is 30.2 Å². The fraction of sp³-hybridized carbons (Fsp3) is 0.556. The molecule has 2 N–H and O–H groups in total. The number of aromatic nitrogens is 2. The molecule has 1 aromatic heterocycles. The lowest BCUT2D eigenvalue weighted by atomic mass is 10.1. The number of anilines is 1. The maximum atomic E-state index is 12.3. The molecule has 26 heavy (non-hydrogen) atoms.